The molecule has 1 heterocycles. The lowest BCUT2D eigenvalue weighted by atomic mass is 10.1. The minimum Gasteiger partial charge on any atom is -0.436 e. The highest BCUT2D eigenvalue weighted by Crippen LogP contribution is 2.24. The van der Waals surface area contributed by atoms with E-state index in [1.807, 2.05) is 49.3 Å². The second-order valence-corrected chi connectivity index (χ2v) is 5.25. The molecule has 0 N–H and O–H groups in total. The van der Waals surface area contributed by atoms with Crippen molar-refractivity contribution < 1.29 is 9.34 Å². The third-order valence-electron chi connectivity index (χ3n) is 3.42. The molecule has 0 aliphatic carbocycles. The van der Waals surface area contributed by atoms with Crippen LogP contribution in [-0.2, 0) is 0 Å². The minimum absolute atomic E-state index is 0.0119. The van der Waals surface area contributed by atoms with E-state index in [9.17, 15) is 10.1 Å². The fraction of sp³-hybridized carbons (Fsp3) is 0.118. The molecule has 6 nitrogen and oxygen atoms in total. The Kier molecular flexibility index (Phi) is 3.80. The smallest absolute Gasteiger partial charge is 0.273 e. The maximum atomic E-state index is 10.8. The van der Waals surface area contributed by atoms with Crippen molar-refractivity contribution in [3.05, 3.63) is 64.0 Å². The third-order valence-corrected chi connectivity index (χ3v) is 3.42. The number of nitrogens with zero attached hydrogens (tertiary/aromatic N) is 3. The van der Waals surface area contributed by atoms with Crippen LogP contribution in [0.1, 0.15) is 11.5 Å². The van der Waals surface area contributed by atoms with Gasteiger partial charge in [-0.3, -0.25) is 10.1 Å². The van der Waals surface area contributed by atoms with Crippen LogP contribution in [0.3, 0.4) is 0 Å². The van der Waals surface area contributed by atoms with Crippen molar-refractivity contribution in [3.63, 3.8) is 0 Å². The summed E-state index contributed by atoms with van der Waals surface area (Å²) in [4.78, 5) is 16.7. The largest absolute Gasteiger partial charge is 0.436 e. The zero-order chi connectivity index (χ0) is 16.4. The fourth-order valence-corrected chi connectivity index (χ4v) is 2.31. The molecule has 3 aromatic rings. The van der Waals surface area contributed by atoms with E-state index in [1.54, 1.807) is 12.1 Å². The highest BCUT2D eigenvalue weighted by molar-refractivity contribution is 5.80. The molecule has 0 aliphatic rings. The molecule has 0 aliphatic heterocycles. The molecule has 6 heteroatoms. The lowest BCUT2D eigenvalue weighted by molar-refractivity contribution is -0.384. The predicted octanol–water partition coefficient (Wildman–Crippen LogP) is 3.97. The number of nitro groups is 1. The first-order valence-corrected chi connectivity index (χ1v) is 7.04. The standard InChI is InChI=1S/C17H15N3O3/c1-19(2)15-6-4-3-5-12(15)7-10-17-18-14-9-8-13(20(21)22)11-16(14)23-17/h3-11H,1-2H3/b10-7+. The average molecular weight is 309 g/mol. The van der Waals surface area contributed by atoms with Gasteiger partial charge in [0.05, 0.1) is 11.0 Å². The van der Waals surface area contributed by atoms with Gasteiger partial charge >= 0.3 is 0 Å². The Morgan fingerprint density at radius 3 is 2.70 bits per heavy atom. The van der Waals surface area contributed by atoms with Crippen LogP contribution in [0.15, 0.2) is 46.9 Å². The number of rotatable bonds is 4. The molecule has 2 aromatic carbocycles. The van der Waals surface area contributed by atoms with E-state index in [-0.39, 0.29) is 5.69 Å². The molecule has 0 saturated carbocycles. The highest BCUT2D eigenvalue weighted by Gasteiger charge is 2.10. The summed E-state index contributed by atoms with van der Waals surface area (Å²) < 4.78 is 5.56. The van der Waals surface area contributed by atoms with Gasteiger partial charge in [-0.1, -0.05) is 18.2 Å². The molecule has 0 fully saturated rings. The number of oxazole rings is 1. The molecule has 0 atom stereocenters. The number of hydrogen-bond acceptors (Lipinski definition) is 5. The number of hydrogen-bond donors (Lipinski definition) is 0. The monoisotopic (exact) mass is 309 g/mol. The van der Waals surface area contributed by atoms with Crippen LogP contribution in [0.25, 0.3) is 23.3 Å². The zero-order valence-electron chi connectivity index (χ0n) is 12.8. The number of nitro benzene ring substituents is 1. The Morgan fingerprint density at radius 1 is 1.17 bits per heavy atom. The first kappa shape index (κ1) is 14.8. The van der Waals surface area contributed by atoms with Crippen LogP contribution in [0.4, 0.5) is 11.4 Å². The number of anilines is 1. The molecule has 23 heavy (non-hydrogen) atoms. The van der Waals surface area contributed by atoms with E-state index in [0.717, 1.165) is 11.3 Å². The summed E-state index contributed by atoms with van der Waals surface area (Å²) in [5, 5.41) is 10.8. The maximum absolute atomic E-state index is 10.8. The zero-order valence-corrected chi connectivity index (χ0v) is 12.8. The van der Waals surface area contributed by atoms with Crippen molar-refractivity contribution in [2.75, 3.05) is 19.0 Å². The van der Waals surface area contributed by atoms with Crippen molar-refractivity contribution >= 4 is 34.6 Å². The van der Waals surface area contributed by atoms with Gasteiger partial charge in [-0.15, -0.1) is 0 Å². The second kappa shape index (κ2) is 5.92. The van der Waals surface area contributed by atoms with E-state index >= 15 is 0 Å². The Hall–Kier alpha value is -3.15. The maximum Gasteiger partial charge on any atom is 0.273 e. The van der Waals surface area contributed by atoms with E-state index in [4.69, 9.17) is 4.42 Å². The molecule has 3 rings (SSSR count). The van der Waals surface area contributed by atoms with Gasteiger partial charge in [-0.2, -0.15) is 0 Å². The molecule has 0 bridgehead atoms. The Morgan fingerprint density at radius 2 is 1.96 bits per heavy atom. The van der Waals surface area contributed by atoms with Gasteiger partial charge in [0.25, 0.3) is 5.69 Å². The van der Waals surface area contributed by atoms with Crippen LogP contribution in [0.5, 0.6) is 0 Å². The Balaban J connectivity index is 1.94. The van der Waals surface area contributed by atoms with Gasteiger partial charge in [-0.05, 0) is 23.8 Å². The molecule has 116 valence electrons. The molecule has 0 saturated heterocycles. The molecule has 1 aromatic heterocycles. The minimum atomic E-state index is -0.454. The Labute approximate surface area is 132 Å². The third kappa shape index (κ3) is 3.06. The van der Waals surface area contributed by atoms with Crippen LogP contribution >= 0.6 is 0 Å². The second-order valence-electron chi connectivity index (χ2n) is 5.25. The molecular formula is C17H15N3O3. The summed E-state index contributed by atoms with van der Waals surface area (Å²) in [5.41, 5.74) is 3.10. The number of aromatic nitrogens is 1. The van der Waals surface area contributed by atoms with Crippen molar-refractivity contribution in [1.82, 2.24) is 4.98 Å². The summed E-state index contributed by atoms with van der Waals surface area (Å²) in [6.45, 7) is 0. The van der Waals surface area contributed by atoms with Gasteiger partial charge in [0.1, 0.15) is 5.52 Å². The van der Waals surface area contributed by atoms with E-state index in [1.165, 1.54) is 12.1 Å². The van der Waals surface area contributed by atoms with Crippen LogP contribution in [0.2, 0.25) is 0 Å². The number of para-hydroxylation sites is 1. The summed E-state index contributed by atoms with van der Waals surface area (Å²) >= 11 is 0. The van der Waals surface area contributed by atoms with E-state index < -0.39 is 4.92 Å². The number of non-ortho nitro benzene ring substituents is 1. The van der Waals surface area contributed by atoms with Gasteiger partial charge in [0.2, 0.25) is 5.89 Å². The normalized spacial score (nSPS) is 11.2. The van der Waals surface area contributed by atoms with Crippen LogP contribution < -0.4 is 4.90 Å². The molecular weight excluding hydrogens is 294 g/mol. The number of fused-ring (bicyclic) bond motifs is 1. The van der Waals surface area contributed by atoms with E-state index in [0.29, 0.717) is 17.0 Å². The topological polar surface area (TPSA) is 72.4 Å². The first-order valence-electron chi connectivity index (χ1n) is 7.04. The van der Waals surface area contributed by atoms with Crippen molar-refractivity contribution in [3.8, 4) is 0 Å². The average Bonchev–Trinajstić information content (AvgIpc) is 2.94. The van der Waals surface area contributed by atoms with Crippen molar-refractivity contribution in [2.45, 2.75) is 0 Å². The van der Waals surface area contributed by atoms with Gasteiger partial charge < -0.3 is 9.32 Å². The molecule has 0 radical (unpaired) electrons. The van der Waals surface area contributed by atoms with Gasteiger partial charge in [-0.25, -0.2) is 4.98 Å². The van der Waals surface area contributed by atoms with Crippen LogP contribution in [0, 0.1) is 10.1 Å². The SMILES string of the molecule is CN(C)c1ccccc1/C=C/c1nc2ccc([N+](=O)[O-])cc2o1. The first-order chi connectivity index (χ1) is 11.0. The Bertz CT molecular complexity index is 897. The number of benzene rings is 2. The fourth-order valence-electron chi connectivity index (χ4n) is 2.31. The van der Waals surface area contributed by atoms with Crippen LogP contribution in [-0.4, -0.2) is 24.0 Å². The quantitative estimate of drug-likeness (QED) is 0.538. The summed E-state index contributed by atoms with van der Waals surface area (Å²) in [7, 11) is 3.95. The van der Waals surface area contributed by atoms with Gasteiger partial charge in [0, 0.05) is 31.9 Å². The molecule has 0 amide bonds. The lowest BCUT2D eigenvalue weighted by Crippen LogP contribution is -2.09. The van der Waals surface area contributed by atoms with Crippen molar-refractivity contribution in [2.24, 2.45) is 0 Å². The predicted molar refractivity (Wildman–Crippen MR) is 90.4 cm³/mol. The van der Waals surface area contributed by atoms with Crippen molar-refractivity contribution in [1.29, 1.82) is 0 Å². The van der Waals surface area contributed by atoms with Gasteiger partial charge in [0.15, 0.2) is 5.58 Å². The summed E-state index contributed by atoms with van der Waals surface area (Å²) in [6, 6.07) is 12.3. The highest BCUT2D eigenvalue weighted by atomic mass is 16.6. The molecule has 0 spiro atoms. The lowest BCUT2D eigenvalue weighted by Gasteiger charge is -2.14. The summed E-state index contributed by atoms with van der Waals surface area (Å²) in [5.74, 6) is 0.411. The summed E-state index contributed by atoms with van der Waals surface area (Å²) in [6.07, 6.45) is 3.67. The molecule has 0 unspecified atom stereocenters. The van der Waals surface area contributed by atoms with E-state index in [2.05, 4.69) is 4.98 Å².